The molecule has 0 saturated heterocycles. The van der Waals surface area contributed by atoms with Crippen molar-refractivity contribution in [3.8, 4) is 0 Å². The van der Waals surface area contributed by atoms with Gasteiger partial charge >= 0.3 is 101 Å². The average Bonchev–Trinajstić information content (AvgIpc) is 2.16. The zero-order valence-electron chi connectivity index (χ0n) is 9.34. The molecule has 0 heterocycles. The summed E-state index contributed by atoms with van der Waals surface area (Å²) in [5.74, 6) is 0. The minimum atomic E-state index is -2.05. The van der Waals surface area contributed by atoms with Gasteiger partial charge in [-0.1, -0.05) is 0 Å². The van der Waals surface area contributed by atoms with E-state index in [-0.39, 0.29) is 0 Å². The summed E-state index contributed by atoms with van der Waals surface area (Å²) in [6, 6.07) is 12.7. The van der Waals surface area contributed by atoms with Crippen LogP contribution in [-0.4, -0.2) is 18.4 Å². The fourth-order valence-electron chi connectivity index (χ4n) is 1.92. The molecule has 0 bridgehead atoms. The van der Waals surface area contributed by atoms with Crippen LogP contribution in [0.2, 0.25) is 19.8 Å². The SMILES string of the molecule is [CH3][Sn]([CH3])([CH3])[c]1cccc2cccc(Cl)c12. The maximum absolute atomic E-state index is 6.30. The molecule has 15 heavy (non-hydrogen) atoms. The maximum atomic E-state index is 6.30. The summed E-state index contributed by atoms with van der Waals surface area (Å²) >= 11 is 4.25. The average molecular weight is 325 g/mol. The predicted molar refractivity (Wildman–Crippen MR) is 71.9 cm³/mol. The Labute approximate surface area is 100 Å². The Hall–Kier alpha value is -0.211. The third-order valence-corrected chi connectivity index (χ3v) is 8.78. The van der Waals surface area contributed by atoms with Gasteiger partial charge < -0.3 is 0 Å². The van der Waals surface area contributed by atoms with Crippen LogP contribution in [-0.2, 0) is 0 Å². The Morgan fingerprint density at radius 2 is 1.53 bits per heavy atom. The summed E-state index contributed by atoms with van der Waals surface area (Å²) in [4.78, 5) is 7.27. The van der Waals surface area contributed by atoms with Gasteiger partial charge in [0.1, 0.15) is 0 Å². The molecule has 2 rings (SSSR count). The number of hydrogen-bond donors (Lipinski definition) is 0. The summed E-state index contributed by atoms with van der Waals surface area (Å²) in [6.07, 6.45) is 0. The van der Waals surface area contributed by atoms with E-state index in [4.69, 9.17) is 11.6 Å². The standard InChI is InChI=1S/C10H6Cl.3CH3.Sn/c11-10-7-3-5-8-4-1-2-6-9(8)10;;;;/h1-5,7H;3*1H3;. The quantitative estimate of drug-likeness (QED) is 0.694. The summed E-state index contributed by atoms with van der Waals surface area (Å²) < 4.78 is 1.52. The van der Waals surface area contributed by atoms with Crippen LogP contribution in [0.25, 0.3) is 10.8 Å². The normalized spacial score (nSPS) is 12.0. The number of rotatable bonds is 1. The van der Waals surface area contributed by atoms with Gasteiger partial charge in [-0.25, -0.2) is 0 Å². The van der Waals surface area contributed by atoms with Crippen molar-refractivity contribution in [3.63, 3.8) is 0 Å². The van der Waals surface area contributed by atoms with E-state index in [0.717, 1.165) is 5.02 Å². The van der Waals surface area contributed by atoms with Gasteiger partial charge in [0, 0.05) is 0 Å². The molecule has 0 amide bonds. The molecule has 0 radical (unpaired) electrons. The Morgan fingerprint density at radius 1 is 0.933 bits per heavy atom. The van der Waals surface area contributed by atoms with Gasteiger partial charge in [-0.2, -0.15) is 0 Å². The second-order valence-corrected chi connectivity index (χ2v) is 19.7. The topological polar surface area (TPSA) is 0 Å². The van der Waals surface area contributed by atoms with Crippen molar-refractivity contribution in [1.82, 2.24) is 0 Å². The van der Waals surface area contributed by atoms with Crippen LogP contribution < -0.4 is 3.58 Å². The third-order valence-electron chi connectivity index (χ3n) is 2.66. The van der Waals surface area contributed by atoms with Crippen LogP contribution in [0.5, 0.6) is 0 Å². The van der Waals surface area contributed by atoms with E-state index in [1.165, 1.54) is 14.4 Å². The fourth-order valence-corrected chi connectivity index (χ4v) is 7.07. The molecule has 78 valence electrons. The van der Waals surface area contributed by atoms with Gasteiger partial charge in [-0.15, -0.1) is 0 Å². The van der Waals surface area contributed by atoms with E-state index in [9.17, 15) is 0 Å². The van der Waals surface area contributed by atoms with Crippen LogP contribution in [0, 0.1) is 0 Å². The zero-order valence-corrected chi connectivity index (χ0v) is 13.0. The Bertz CT molecular complexity index is 492. The second kappa shape index (κ2) is 3.99. The molecule has 0 N–H and O–H groups in total. The van der Waals surface area contributed by atoms with Crippen LogP contribution in [0.3, 0.4) is 0 Å². The Kier molecular flexibility index (Phi) is 3.00. The van der Waals surface area contributed by atoms with E-state index in [1.54, 1.807) is 0 Å². The molecule has 0 fully saturated rings. The van der Waals surface area contributed by atoms with Crippen molar-refractivity contribution in [2.45, 2.75) is 14.8 Å². The molecule has 2 aromatic carbocycles. The van der Waals surface area contributed by atoms with Gasteiger partial charge in [-0.05, 0) is 0 Å². The van der Waals surface area contributed by atoms with Gasteiger partial charge in [0.2, 0.25) is 0 Å². The molecular formula is C13H15ClSn. The molecule has 0 saturated carbocycles. The molecule has 0 unspecified atom stereocenters. The number of hydrogen-bond acceptors (Lipinski definition) is 0. The predicted octanol–water partition coefficient (Wildman–Crippen LogP) is 4.04. The van der Waals surface area contributed by atoms with Crippen molar-refractivity contribution >= 4 is 44.3 Å². The van der Waals surface area contributed by atoms with Crippen molar-refractivity contribution in [2.24, 2.45) is 0 Å². The molecule has 2 aromatic rings. The van der Waals surface area contributed by atoms with Crippen molar-refractivity contribution in [3.05, 3.63) is 41.4 Å². The molecule has 0 aliphatic carbocycles. The third kappa shape index (κ3) is 2.16. The summed E-state index contributed by atoms with van der Waals surface area (Å²) in [5.41, 5.74) is 0. The molecule has 0 aliphatic heterocycles. The van der Waals surface area contributed by atoms with Crippen LogP contribution in [0.4, 0.5) is 0 Å². The fraction of sp³-hybridized carbons (Fsp3) is 0.231. The molecule has 2 heteroatoms. The van der Waals surface area contributed by atoms with Crippen LogP contribution in [0.1, 0.15) is 0 Å². The number of halogens is 1. The first-order chi connectivity index (χ1) is 7.00. The summed E-state index contributed by atoms with van der Waals surface area (Å²) in [7, 11) is 0. The molecule has 0 spiro atoms. The number of benzene rings is 2. The summed E-state index contributed by atoms with van der Waals surface area (Å²) in [6.45, 7) is 0. The molecule has 0 aromatic heterocycles. The summed E-state index contributed by atoms with van der Waals surface area (Å²) in [5, 5.41) is 3.45. The van der Waals surface area contributed by atoms with Gasteiger partial charge in [0.25, 0.3) is 0 Å². The Balaban J connectivity index is 2.86. The molecular weight excluding hydrogens is 310 g/mol. The molecule has 0 atom stereocenters. The van der Waals surface area contributed by atoms with E-state index >= 15 is 0 Å². The minimum absolute atomic E-state index is 0.898. The van der Waals surface area contributed by atoms with Crippen LogP contribution in [0.15, 0.2) is 36.4 Å². The first kappa shape index (κ1) is 11.3. The van der Waals surface area contributed by atoms with Crippen LogP contribution >= 0.6 is 11.6 Å². The van der Waals surface area contributed by atoms with Crippen molar-refractivity contribution in [1.29, 1.82) is 0 Å². The molecule has 0 aliphatic rings. The van der Waals surface area contributed by atoms with E-state index in [0.29, 0.717) is 0 Å². The van der Waals surface area contributed by atoms with E-state index in [1.807, 2.05) is 12.1 Å². The second-order valence-electron chi connectivity index (χ2n) is 4.89. The van der Waals surface area contributed by atoms with Gasteiger partial charge in [-0.3, -0.25) is 0 Å². The first-order valence-electron chi connectivity index (χ1n) is 5.18. The molecule has 0 nitrogen and oxygen atoms in total. The number of fused-ring (bicyclic) bond motifs is 1. The Morgan fingerprint density at radius 3 is 2.13 bits per heavy atom. The van der Waals surface area contributed by atoms with E-state index < -0.39 is 18.4 Å². The van der Waals surface area contributed by atoms with Crippen molar-refractivity contribution < 1.29 is 0 Å². The van der Waals surface area contributed by atoms with Gasteiger partial charge in [0.15, 0.2) is 0 Å². The van der Waals surface area contributed by atoms with E-state index in [2.05, 4.69) is 39.1 Å². The van der Waals surface area contributed by atoms with Crippen molar-refractivity contribution in [2.75, 3.05) is 0 Å². The van der Waals surface area contributed by atoms with Gasteiger partial charge in [0.05, 0.1) is 0 Å². The zero-order chi connectivity index (χ0) is 11.1. The first-order valence-corrected chi connectivity index (χ1v) is 15.5. The monoisotopic (exact) mass is 326 g/mol.